The van der Waals surface area contributed by atoms with Crippen LogP contribution in [0.4, 0.5) is 5.69 Å². The molecular formula is C13H15N3O. The van der Waals surface area contributed by atoms with Crippen molar-refractivity contribution in [3.05, 3.63) is 47.9 Å². The molecular weight excluding hydrogens is 214 g/mol. The van der Waals surface area contributed by atoms with E-state index < -0.39 is 0 Å². The fourth-order valence-electron chi connectivity index (χ4n) is 1.41. The Morgan fingerprint density at radius 2 is 2.00 bits per heavy atom. The Balaban J connectivity index is 1.95. The monoisotopic (exact) mass is 229 g/mol. The standard InChI is InChI=1S/C13H15N3O/c1-10-3-5-12(9-14-10)15-7-11-4-6-13(17-2)16-8-11/h3-6,8-9,15H,7H2,1-2H3. The molecule has 2 aromatic heterocycles. The maximum Gasteiger partial charge on any atom is 0.212 e. The molecule has 4 heteroatoms. The fourth-order valence-corrected chi connectivity index (χ4v) is 1.41. The zero-order valence-electron chi connectivity index (χ0n) is 9.97. The minimum atomic E-state index is 0.630. The molecule has 4 nitrogen and oxygen atoms in total. The van der Waals surface area contributed by atoms with E-state index in [1.165, 1.54) is 0 Å². The van der Waals surface area contributed by atoms with Crippen LogP contribution in [0.25, 0.3) is 0 Å². The zero-order chi connectivity index (χ0) is 12.1. The highest BCUT2D eigenvalue weighted by atomic mass is 16.5. The van der Waals surface area contributed by atoms with Crippen molar-refractivity contribution in [1.82, 2.24) is 9.97 Å². The molecule has 0 unspecified atom stereocenters. The molecule has 0 atom stereocenters. The van der Waals surface area contributed by atoms with E-state index >= 15 is 0 Å². The van der Waals surface area contributed by atoms with Crippen LogP contribution in [0, 0.1) is 6.92 Å². The summed E-state index contributed by atoms with van der Waals surface area (Å²) in [5, 5.41) is 3.28. The van der Waals surface area contributed by atoms with E-state index in [-0.39, 0.29) is 0 Å². The maximum absolute atomic E-state index is 5.00. The Morgan fingerprint density at radius 3 is 2.59 bits per heavy atom. The van der Waals surface area contributed by atoms with Gasteiger partial charge in [0.1, 0.15) is 0 Å². The minimum absolute atomic E-state index is 0.630. The highest BCUT2D eigenvalue weighted by Crippen LogP contribution is 2.10. The second-order valence-corrected chi connectivity index (χ2v) is 3.75. The zero-order valence-corrected chi connectivity index (χ0v) is 9.97. The topological polar surface area (TPSA) is 47.0 Å². The molecule has 2 heterocycles. The van der Waals surface area contributed by atoms with Crippen LogP contribution in [-0.4, -0.2) is 17.1 Å². The second kappa shape index (κ2) is 5.30. The summed E-state index contributed by atoms with van der Waals surface area (Å²) in [6.45, 7) is 2.69. The van der Waals surface area contributed by atoms with E-state index in [1.807, 2.05) is 37.4 Å². The molecule has 0 bridgehead atoms. The molecule has 0 spiro atoms. The van der Waals surface area contributed by atoms with Gasteiger partial charge in [0.15, 0.2) is 0 Å². The van der Waals surface area contributed by atoms with Gasteiger partial charge in [-0.05, 0) is 24.6 Å². The Morgan fingerprint density at radius 1 is 1.12 bits per heavy atom. The molecule has 0 amide bonds. The van der Waals surface area contributed by atoms with Crippen molar-refractivity contribution in [2.75, 3.05) is 12.4 Å². The number of hydrogen-bond acceptors (Lipinski definition) is 4. The summed E-state index contributed by atoms with van der Waals surface area (Å²) in [4.78, 5) is 8.37. The summed E-state index contributed by atoms with van der Waals surface area (Å²) < 4.78 is 5.00. The van der Waals surface area contributed by atoms with E-state index in [9.17, 15) is 0 Å². The van der Waals surface area contributed by atoms with Gasteiger partial charge in [-0.15, -0.1) is 0 Å². The van der Waals surface area contributed by atoms with Gasteiger partial charge < -0.3 is 10.1 Å². The molecule has 0 aromatic carbocycles. The van der Waals surface area contributed by atoms with Gasteiger partial charge in [-0.3, -0.25) is 4.98 Å². The van der Waals surface area contributed by atoms with Crippen molar-refractivity contribution in [1.29, 1.82) is 0 Å². The van der Waals surface area contributed by atoms with Crippen LogP contribution >= 0.6 is 0 Å². The fraction of sp³-hybridized carbons (Fsp3) is 0.231. The molecule has 2 aromatic rings. The highest BCUT2D eigenvalue weighted by Gasteiger charge is 1.96. The van der Waals surface area contributed by atoms with Crippen molar-refractivity contribution in [2.24, 2.45) is 0 Å². The van der Waals surface area contributed by atoms with Crippen LogP contribution in [0.1, 0.15) is 11.3 Å². The quantitative estimate of drug-likeness (QED) is 0.874. The molecule has 0 aliphatic heterocycles. The molecule has 0 aliphatic carbocycles. The van der Waals surface area contributed by atoms with Gasteiger partial charge in [0, 0.05) is 24.5 Å². The van der Waals surface area contributed by atoms with Crippen LogP contribution in [0.15, 0.2) is 36.7 Å². The molecule has 0 saturated heterocycles. The van der Waals surface area contributed by atoms with Crippen LogP contribution in [0.3, 0.4) is 0 Å². The number of anilines is 1. The SMILES string of the molecule is COc1ccc(CNc2ccc(C)nc2)cn1. The average Bonchev–Trinajstić information content (AvgIpc) is 2.39. The summed E-state index contributed by atoms with van der Waals surface area (Å²) >= 11 is 0. The Hall–Kier alpha value is -2.10. The number of methoxy groups -OCH3 is 1. The molecule has 0 aliphatic rings. The number of pyridine rings is 2. The van der Waals surface area contributed by atoms with Gasteiger partial charge in [-0.1, -0.05) is 6.07 Å². The lowest BCUT2D eigenvalue weighted by Crippen LogP contribution is -2.00. The first kappa shape index (κ1) is 11.4. The van der Waals surface area contributed by atoms with E-state index in [1.54, 1.807) is 13.3 Å². The Labute approximate surface area is 101 Å². The van der Waals surface area contributed by atoms with Crippen LogP contribution in [-0.2, 0) is 6.54 Å². The second-order valence-electron chi connectivity index (χ2n) is 3.75. The van der Waals surface area contributed by atoms with Crippen molar-refractivity contribution < 1.29 is 4.74 Å². The number of nitrogens with zero attached hydrogens (tertiary/aromatic N) is 2. The lowest BCUT2D eigenvalue weighted by Gasteiger charge is -2.06. The molecule has 2 rings (SSSR count). The molecule has 17 heavy (non-hydrogen) atoms. The predicted octanol–water partition coefficient (Wildman–Crippen LogP) is 2.41. The van der Waals surface area contributed by atoms with Crippen LogP contribution in [0.5, 0.6) is 5.88 Å². The van der Waals surface area contributed by atoms with Crippen LogP contribution < -0.4 is 10.1 Å². The number of nitrogens with one attached hydrogen (secondary N) is 1. The third-order valence-electron chi connectivity index (χ3n) is 2.41. The highest BCUT2D eigenvalue weighted by molar-refractivity contribution is 5.41. The first-order valence-corrected chi connectivity index (χ1v) is 5.43. The number of rotatable bonds is 4. The largest absolute Gasteiger partial charge is 0.481 e. The van der Waals surface area contributed by atoms with Crippen molar-refractivity contribution >= 4 is 5.69 Å². The maximum atomic E-state index is 5.00. The first-order valence-electron chi connectivity index (χ1n) is 5.43. The van der Waals surface area contributed by atoms with Gasteiger partial charge in [0.05, 0.1) is 19.0 Å². The number of hydrogen-bond donors (Lipinski definition) is 1. The lowest BCUT2D eigenvalue weighted by molar-refractivity contribution is 0.397. The van der Waals surface area contributed by atoms with Crippen molar-refractivity contribution in [3.63, 3.8) is 0 Å². The van der Waals surface area contributed by atoms with Gasteiger partial charge in [-0.25, -0.2) is 4.98 Å². The number of ether oxygens (including phenoxy) is 1. The average molecular weight is 229 g/mol. The van der Waals surface area contributed by atoms with E-state index in [2.05, 4.69) is 15.3 Å². The van der Waals surface area contributed by atoms with Crippen LogP contribution in [0.2, 0.25) is 0 Å². The Kier molecular flexibility index (Phi) is 3.55. The number of aromatic nitrogens is 2. The Bertz CT molecular complexity index is 465. The molecule has 0 saturated carbocycles. The van der Waals surface area contributed by atoms with Gasteiger partial charge in [0.2, 0.25) is 5.88 Å². The smallest absolute Gasteiger partial charge is 0.212 e. The normalized spacial score (nSPS) is 10.0. The first-order chi connectivity index (χ1) is 8.28. The third kappa shape index (κ3) is 3.17. The van der Waals surface area contributed by atoms with E-state index in [0.29, 0.717) is 5.88 Å². The number of aryl methyl sites for hydroxylation is 1. The third-order valence-corrected chi connectivity index (χ3v) is 2.41. The van der Waals surface area contributed by atoms with Crippen molar-refractivity contribution in [2.45, 2.75) is 13.5 Å². The summed E-state index contributed by atoms with van der Waals surface area (Å²) in [6, 6.07) is 7.83. The van der Waals surface area contributed by atoms with E-state index in [4.69, 9.17) is 4.74 Å². The predicted molar refractivity (Wildman–Crippen MR) is 67.1 cm³/mol. The summed E-state index contributed by atoms with van der Waals surface area (Å²) in [6.07, 6.45) is 3.62. The summed E-state index contributed by atoms with van der Waals surface area (Å²) in [5.74, 6) is 0.630. The van der Waals surface area contributed by atoms with Gasteiger partial charge >= 0.3 is 0 Å². The van der Waals surface area contributed by atoms with Gasteiger partial charge in [0.25, 0.3) is 0 Å². The molecule has 88 valence electrons. The van der Waals surface area contributed by atoms with Gasteiger partial charge in [-0.2, -0.15) is 0 Å². The minimum Gasteiger partial charge on any atom is -0.481 e. The lowest BCUT2D eigenvalue weighted by atomic mass is 10.2. The molecule has 0 radical (unpaired) electrons. The molecule has 0 fully saturated rings. The molecule has 1 N–H and O–H groups in total. The summed E-state index contributed by atoms with van der Waals surface area (Å²) in [7, 11) is 1.61. The van der Waals surface area contributed by atoms with E-state index in [0.717, 1.165) is 23.5 Å². The summed E-state index contributed by atoms with van der Waals surface area (Å²) in [5.41, 5.74) is 3.12. The van der Waals surface area contributed by atoms with Crippen molar-refractivity contribution in [3.8, 4) is 5.88 Å².